The lowest BCUT2D eigenvalue weighted by molar-refractivity contribution is 0.0988. The number of Topliss-reactive ketones (excluding diaryl/α,β-unsaturated/α-hetero) is 2. The van der Waals surface area contributed by atoms with E-state index in [1.807, 2.05) is 30.3 Å². The Hall–Kier alpha value is -5.24. The Morgan fingerprint density at radius 3 is 1.82 bits per heavy atom. The van der Waals surface area contributed by atoms with E-state index in [4.69, 9.17) is 0 Å². The summed E-state index contributed by atoms with van der Waals surface area (Å²) in [5.74, 6) is -1.52. The van der Waals surface area contributed by atoms with Crippen molar-refractivity contribution in [1.29, 1.82) is 0 Å². The number of fused-ring (bicyclic) bond motifs is 4. The van der Waals surface area contributed by atoms with Crippen LogP contribution >= 0.6 is 0 Å². The first-order valence-electron chi connectivity index (χ1n) is 12.2. The molecule has 8 heteroatoms. The second-order valence-electron chi connectivity index (χ2n) is 9.33. The Labute approximate surface area is 221 Å². The lowest BCUT2D eigenvalue weighted by atomic mass is 10.0. The van der Waals surface area contributed by atoms with E-state index in [0.29, 0.717) is 28.0 Å². The number of nitrogens with zero attached hydrogens (tertiary/aromatic N) is 4. The second kappa shape index (κ2) is 8.39. The van der Waals surface area contributed by atoms with Crippen molar-refractivity contribution in [3.8, 4) is 0 Å². The van der Waals surface area contributed by atoms with Gasteiger partial charge in [-0.15, -0.1) is 0 Å². The quantitative estimate of drug-likeness (QED) is 0.197. The summed E-state index contributed by atoms with van der Waals surface area (Å²) >= 11 is 0. The summed E-state index contributed by atoms with van der Waals surface area (Å²) in [6, 6.07) is 21.7. The van der Waals surface area contributed by atoms with Gasteiger partial charge in [-0.05, 0) is 59.3 Å². The maximum atomic E-state index is 15.1. The number of rotatable bonds is 2. The molecule has 0 amide bonds. The normalized spacial score (nSPS) is 15.6. The molecule has 0 atom stereocenters. The minimum atomic E-state index is -0.795. The minimum Gasteiger partial charge on any atom is -0.312 e. The van der Waals surface area contributed by atoms with Crippen molar-refractivity contribution in [3.63, 3.8) is 0 Å². The number of carbonyl (C=O) groups excluding carboxylic acids is 2. The van der Waals surface area contributed by atoms with E-state index >= 15 is 8.78 Å². The van der Waals surface area contributed by atoms with Crippen LogP contribution in [0.5, 0.6) is 0 Å². The van der Waals surface area contributed by atoms with Gasteiger partial charge in [-0.25, -0.2) is 18.7 Å². The van der Waals surface area contributed by atoms with Crippen molar-refractivity contribution in [2.45, 2.75) is 0 Å². The van der Waals surface area contributed by atoms with E-state index in [1.54, 1.807) is 42.3 Å². The van der Waals surface area contributed by atoms with E-state index in [9.17, 15) is 9.59 Å². The maximum absolute atomic E-state index is 15.1. The molecule has 0 saturated carbocycles. The van der Waals surface area contributed by atoms with Gasteiger partial charge in [0, 0.05) is 18.2 Å². The highest BCUT2D eigenvalue weighted by Gasteiger charge is 2.37. The van der Waals surface area contributed by atoms with Gasteiger partial charge in [0.15, 0.2) is 23.2 Å². The Kier molecular flexibility index (Phi) is 4.93. The van der Waals surface area contributed by atoms with Gasteiger partial charge in [-0.3, -0.25) is 14.5 Å². The Bertz CT molecular complexity index is 1890. The van der Waals surface area contributed by atoms with Crippen LogP contribution in [0.4, 0.5) is 26.1 Å². The van der Waals surface area contributed by atoms with Crippen LogP contribution in [0.15, 0.2) is 102 Å². The van der Waals surface area contributed by atoms with E-state index < -0.39 is 23.2 Å². The first kappa shape index (κ1) is 22.9. The summed E-state index contributed by atoms with van der Waals surface area (Å²) in [6.45, 7) is 0. The smallest absolute Gasteiger partial charge is 0.197 e. The molecule has 0 radical (unpaired) electrons. The van der Waals surface area contributed by atoms with E-state index in [-0.39, 0.29) is 22.9 Å². The van der Waals surface area contributed by atoms with Crippen LogP contribution in [0.3, 0.4) is 0 Å². The number of carbonyl (C=O) groups is 2. The lowest BCUT2D eigenvalue weighted by Gasteiger charge is -2.22. The van der Waals surface area contributed by atoms with Crippen molar-refractivity contribution in [2.75, 3.05) is 16.8 Å². The highest BCUT2D eigenvalue weighted by atomic mass is 19.1. The number of ketones is 2. The number of halogens is 2. The van der Waals surface area contributed by atoms with Gasteiger partial charge in [-0.1, -0.05) is 42.5 Å². The van der Waals surface area contributed by atoms with Crippen LogP contribution in [-0.4, -0.2) is 28.6 Å². The molecule has 0 saturated heterocycles. The predicted molar refractivity (Wildman–Crippen MR) is 145 cm³/mol. The van der Waals surface area contributed by atoms with E-state index in [0.717, 1.165) is 22.9 Å². The van der Waals surface area contributed by atoms with E-state index in [2.05, 4.69) is 9.97 Å². The number of aromatic nitrogens is 2. The summed E-state index contributed by atoms with van der Waals surface area (Å²) in [6.07, 6.45) is 2.90. The molecule has 4 aromatic carbocycles. The summed E-state index contributed by atoms with van der Waals surface area (Å²) in [7, 11) is 1.69. The zero-order chi connectivity index (χ0) is 26.8. The first-order chi connectivity index (χ1) is 18.9. The van der Waals surface area contributed by atoms with Gasteiger partial charge in [0.05, 0.1) is 16.6 Å². The predicted octanol–water partition coefficient (Wildman–Crippen LogP) is 6.50. The summed E-state index contributed by atoms with van der Waals surface area (Å²) in [5.41, 5.74) is 1.46. The summed E-state index contributed by atoms with van der Waals surface area (Å²) in [4.78, 5) is 38.9. The number of allylic oxidation sites excluding steroid dienone is 3. The zero-order valence-corrected chi connectivity index (χ0v) is 20.5. The van der Waals surface area contributed by atoms with Gasteiger partial charge >= 0.3 is 0 Å². The molecule has 1 aromatic heterocycles. The molecule has 7 rings (SSSR count). The van der Waals surface area contributed by atoms with Crippen molar-refractivity contribution >= 4 is 50.7 Å². The van der Waals surface area contributed by atoms with Crippen molar-refractivity contribution in [2.24, 2.45) is 0 Å². The Morgan fingerprint density at radius 1 is 0.692 bits per heavy atom. The molecule has 0 N–H and O–H groups in total. The third kappa shape index (κ3) is 3.38. The molecule has 6 nitrogen and oxygen atoms in total. The molecule has 0 fully saturated rings. The highest BCUT2D eigenvalue weighted by molar-refractivity contribution is 6.40. The molecule has 2 heterocycles. The molecule has 2 aliphatic rings. The van der Waals surface area contributed by atoms with Gasteiger partial charge < -0.3 is 4.90 Å². The van der Waals surface area contributed by atoms with E-state index in [1.165, 1.54) is 23.1 Å². The van der Waals surface area contributed by atoms with Crippen molar-refractivity contribution in [3.05, 3.63) is 125 Å². The SMILES string of the molecule is CN1/C(=C\C=C2C(=O)c3cc4ccccc4cc3C2=O)N(c2c(F)cccc2F)c2nc3ccccc3nc21. The molecule has 5 aromatic rings. The number of benzene rings is 4. The average Bonchev–Trinajstić information content (AvgIpc) is 3.33. The minimum absolute atomic E-state index is 0.0304. The van der Waals surface area contributed by atoms with Gasteiger partial charge in [-0.2, -0.15) is 0 Å². The molecular formula is C31H18F2N4O2. The number of hydrogen-bond donors (Lipinski definition) is 0. The molecule has 0 bridgehead atoms. The van der Waals surface area contributed by atoms with Crippen LogP contribution in [0, 0.1) is 11.6 Å². The number of hydrogen-bond acceptors (Lipinski definition) is 6. The zero-order valence-electron chi connectivity index (χ0n) is 20.5. The molecule has 39 heavy (non-hydrogen) atoms. The lowest BCUT2D eigenvalue weighted by Crippen LogP contribution is -2.23. The van der Waals surface area contributed by atoms with Gasteiger partial charge in [0.25, 0.3) is 0 Å². The molecule has 0 spiro atoms. The molecule has 1 aliphatic heterocycles. The maximum Gasteiger partial charge on any atom is 0.197 e. The number of anilines is 3. The van der Waals surface area contributed by atoms with Crippen LogP contribution in [0.25, 0.3) is 21.8 Å². The third-order valence-electron chi connectivity index (χ3n) is 7.06. The topological polar surface area (TPSA) is 66.4 Å². The fourth-order valence-corrected chi connectivity index (χ4v) is 5.15. The highest BCUT2D eigenvalue weighted by Crippen LogP contribution is 2.45. The van der Waals surface area contributed by atoms with Crippen LogP contribution in [0.2, 0.25) is 0 Å². The first-order valence-corrected chi connectivity index (χ1v) is 12.2. The largest absolute Gasteiger partial charge is 0.312 e. The third-order valence-corrected chi connectivity index (χ3v) is 7.06. The molecule has 1 aliphatic carbocycles. The monoisotopic (exact) mass is 516 g/mol. The molecule has 188 valence electrons. The summed E-state index contributed by atoms with van der Waals surface area (Å²) < 4.78 is 30.2. The van der Waals surface area contributed by atoms with Crippen molar-refractivity contribution < 1.29 is 18.4 Å². The second-order valence-corrected chi connectivity index (χ2v) is 9.33. The standard InChI is InChI=1S/C31H18F2N4O2/c1-36-26(14-13-19-28(38)20-15-17-7-2-3-8-18(17)16-21(20)29(19)39)37(27-22(32)9-6-10-23(27)33)31-30(36)34-24-11-4-5-12-25(24)35-31/h2-16H,1H3/b26-14+. The van der Waals surface area contributed by atoms with Crippen LogP contribution in [-0.2, 0) is 0 Å². The van der Waals surface area contributed by atoms with Gasteiger partial charge in [0.2, 0.25) is 0 Å². The average molecular weight is 517 g/mol. The van der Waals surface area contributed by atoms with Crippen molar-refractivity contribution in [1.82, 2.24) is 9.97 Å². The fourth-order valence-electron chi connectivity index (χ4n) is 5.15. The molecular weight excluding hydrogens is 498 g/mol. The van der Waals surface area contributed by atoms with Gasteiger partial charge in [0.1, 0.15) is 23.1 Å². The van der Waals surface area contributed by atoms with Crippen LogP contribution < -0.4 is 9.80 Å². The number of para-hydroxylation sites is 3. The Balaban J connectivity index is 1.40. The summed E-state index contributed by atoms with van der Waals surface area (Å²) in [5, 5.41) is 1.71. The fraction of sp³-hybridized carbons (Fsp3) is 0.0323. The van der Waals surface area contributed by atoms with Crippen LogP contribution in [0.1, 0.15) is 20.7 Å². The Morgan fingerprint density at radius 2 is 1.23 bits per heavy atom. The molecule has 0 unspecified atom stereocenters.